The van der Waals surface area contributed by atoms with Crippen LogP contribution in [0.25, 0.3) is 0 Å². The maximum absolute atomic E-state index is 13.3. The second-order valence-corrected chi connectivity index (χ2v) is 13.4. The zero-order chi connectivity index (χ0) is 31.0. The van der Waals surface area contributed by atoms with E-state index in [0.717, 1.165) is 16.8 Å². The van der Waals surface area contributed by atoms with Gasteiger partial charge in [-0.1, -0.05) is 70.5 Å². The fourth-order valence-corrected chi connectivity index (χ4v) is 6.40. The van der Waals surface area contributed by atoms with Gasteiger partial charge >= 0.3 is 6.03 Å². The van der Waals surface area contributed by atoms with Gasteiger partial charge in [-0.2, -0.15) is 5.10 Å². The summed E-state index contributed by atoms with van der Waals surface area (Å²) in [6.07, 6.45) is 2.38. The topological polar surface area (TPSA) is 84.3 Å². The van der Waals surface area contributed by atoms with Crippen molar-refractivity contribution in [3.05, 3.63) is 82.1 Å². The predicted octanol–water partition coefficient (Wildman–Crippen LogP) is 7.93. The molecule has 230 valence electrons. The summed E-state index contributed by atoms with van der Waals surface area (Å²) < 4.78 is 26.3. The number of urea groups is 1. The molecule has 2 atom stereocenters. The Morgan fingerprint density at radius 1 is 1.00 bits per heavy atom. The van der Waals surface area contributed by atoms with E-state index in [0.29, 0.717) is 35.5 Å². The van der Waals surface area contributed by atoms with E-state index in [2.05, 4.69) is 36.0 Å². The van der Waals surface area contributed by atoms with Crippen LogP contribution in [-0.4, -0.2) is 48.0 Å². The van der Waals surface area contributed by atoms with Gasteiger partial charge in [0.25, 0.3) is 0 Å². The zero-order valence-corrected chi connectivity index (χ0v) is 27.7. The minimum Gasteiger partial charge on any atom is -0.334 e. The first-order valence-electron chi connectivity index (χ1n) is 15.4. The molecule has 2 fully saturated rings. The first-order chi connectivity index (χ1) is 20.2. The first kappa shape index (κ1) is 33.7. The van der Waals surface area contributed by atoms with Crippen molar-refractivity contribution in [1.82, 2.24) is 20.0 Å². The Balaban J connectivity index is 0.00000116. The molecular formula is C33H47ClN4O3S. The molecule has 2 heterocycles. The summed E-state index contributed by atoms with van der Waals surface area (Å²) in [5.41, 5.74) is 4.31. The molecule has 0 spiro atoms. The molecule has 2 amide bonds. The van der Waals surface area contributed by atoms with E-state index in [1.54, 1.807) is 31.2 Å². The number of halogens is 1. The summed E-state index contributed by atoms with van der Waals surface area (Å²) in [5.74, 6) is 0.808. The molecule has 2 unspecified atom stereocenters. The molecule has 1 N–H and O–H groups in total. The summed E-state index contributed by atoms with van der Waals surface area (Å²) >= 11 is 6.37. The Morgan fingerprint density at radius 3 is 2.21 bits per heavy atom. The van der Waals surface area contributed by atoms with Crippen LogP contribution in [0, 0.1) is 0 Å². The van der Waals surface area contributed by atoms with Gasteiger partial charge in [-0.15, -0.1) is 0 Å². The summed E-state index contributed by atoms with van der Waals surface area (Å²) in [5, 5.41) is 8.68. The van der Waals surface area contributed by atoms with Gasteiger partial charge in [0.05, 0.1) is 16.3 Å². The van der Waals surface area contributed by atoms with Crippen molar-refractivity contribution in [2.45, 2.75) is 96.5 Å². The van der Waals surface area contributed by atoms with E-state index in [-0.39, 0.29) is 29.7 Å². The van der Waals surface area contributed by atoms with Crippen molar-refractivity contribution in [1.29, 1.82) is 0 Å². The lowest BCUT2D eigenvalue weighted by atomic mass is 9.86. The van der Waals surface area contributed by atoms with Crippen LogP contribution >= 0.6 is 11.6 Å². The lowest BCUT2D eigenvalue weighted by Gasteiger charge is -2.21. The molecule has 1 aliphatic carbocycles. The lowest BCUT2D eigenvalue weighted by Crippen LogP contribution is -2.38. The summed E-state index contributed by atoms with van der Waals surface area (Å²) in [6, 6.07) is 17.0. The highest BCUT2D eigenvalue weighted by molar-refractivity contribution is 7.91. The molecule has 1 aliphatic heterocycles. The average molecular weight is 615 g/mol. The Bertz CT molecular complexity index is 1420. The molecule has 2 aliphatic rings. The van der Waals surface area contributed by atoms with Crippen molar-refractivity contribution in [3.63, 3.8) is 0 Å². The van der Waals surface area contributed by atoms with Crippen LogP contribution in [0.15, 0.2) is 59.5 Å². The van der Waals surface area contributed by atoms with E-state index in [1.165, 1.54) is 18.5 Å². The molecule has 5 rings (SSSR count). The maximum atomic E-state index is 13.3. The minimum absolute atomic E-state index is 0.0604. The molecule has 9 heteroatoms. The van der Waals surface area contributed by atoms with Gasteiger partial charge in [0.1, 0.15) is 0 Å². The van der Waals surface area contributed by atoms with Crippen molar-refractivity contribution in [2.75, 3.05) is 18.8 Å². The molecule has 0 radical (unpaired) electrons. The van der Waals surface area contributed by atoms with Crippen LogP contribution in [0.1, 0.15) is 108 Å². The zero-order valence-electron chi connectivity index (χ0n) is 26.1. The van der Waals surface area contributed by atoms with Crippen molar-refractivity contribution in [3.8, 4) is 0 Å². The number of nitrogens with zero attached hydrogens (tertiary/aromatic N) is 3. The molecule has 42 heavy (non-hydrogen) atoms. The highest BCUT2D eigenvalue weighted by Gasteiger charge is 2.40. The summed E-state index contributed by atoms with van der Waals surface area (Å²) in [4.78, 5) is 15.5. The van der Waals surface area contributed by atoms with Crippen molar-refractivity contribution >= 4 is 27.5 Å². The van der Waals surface area contributed by atoms with Gasteiger partial charge in [0.15, 0.2) is 9.84 Å². The molecule has 1 saturated carbocycles. The van der Waals surface area contributed by atoms with Gasteiger partial charge in [-0.25, -0.2) is 13.2 Å². The standard InChI is InChI=1S/C29H35ClN4O3S.2C2H6/c1-4-38(36,37)24-12-8-20(9-13-24)16-31-29(35)33-17-25(22-6-5-7-23(30)14-22)26(18-33)28-15-27(21-10-11-21)32-34(28)19(2)3;2*1-2/h5-9,12-15,19,21,25-26H,4,10-11,16-18H2,1-3H3,(H,31,35);2*1-2H3. The number of aromatic nitrogens is 2. The summed E-state index contributed by atoms with van der Waals surface area (Å²) in [7, 11) is -3.25. The van der Waals surface area contributed by atoms with E-state index >= 15 is 0 Å². The quantitative estimate of drug-likeness (QED) is 0.279. The Hall–Kier alpha value is -2.84. The Labute approximate surface area is 257 Å². The number of hydrogen-bond acceptors (Lipinski definition) is 4. The number of hydrogen-bond donors (Lipinski definition) is 1. The second-order valence-electron chi connectivity index (χ2n) is 10.7. The minimum atomic E-state index is -3.25. The van der Waals surface area contributed by atoms with Crippen LogP contribution in [-0.2, 0) is 16.4 Å². The SMILES string of the molecule is CC.CC.CCS(=O)(=O)c1ccc(CNC(=O)N2CC(c3cccc(Cl)c3)C(c3cc(C4CC4)nn3C(C)C)C2)cc1. The van der Waals surface area contributed by atoms with E-state index < -0.39 is 9.84 Å². The molecule has 3 aromatic rings. The third-order valence-corrected chi connectivity index (χ3v) is 9.62. The molecule has 2 aromatic carbocycles. The van der Waals surface area contributed by atoms with Gasteiger partial charge in [-0.05, 0) is 68.1 Å². The Morgan fingerprint density at radius 2 is 1.64 bits per heavy atom. The van der Waals surface area contributed by atoms with E-state index in [4.69, 9.17) is 16.7 Å². The number of benzene rings is 2. The highest BCUT2D eigenvalue weighted by Crippen LogP contribution is 2.45. The number of amides is 2. The van der Waals surface area contributed by atoms with Crippen molar-refractivity contribution < 1.29 is 13.2 Å². The number of carbonyl (C=O) groups is 1. The number of carbonyl (C=O) groups excluding carboxylic acids is 1. The number of nitrogens with one attached hydrogen (secondary N) is 1. The van der Waals surface area contributed by atoms with E-state index in [1.807, 2.05) is 50.8 Å². The average Bonchev–Trinajstić information content (AvgIpc) is 3.60. The van der Waals surface area contributed by atoms with Crippen LogP contribution < -0.4 is 5.32 Å². The van der Waals surface area contributed by atoms with Crippen LogP contribution in [0.3, 0.4) is 0 Å². The molecular weight excluding hydrogens is 568 g/mol. The molecule has 1 saturated heterocycles. The van der Waals surface area contributed by atoms with Crippen LogP contribution in [0.5, 0.6) is 0 Å². The van der Waals surface area contributed by atoms with Gasteiger partial charge < -0.3 is 10.2 Å². The first-order valence-corrected chi connectivity index (χ1v) is 17.4. The number of likely N-dealkylation sites (tertiary alicyclic amines) is 1. The molecule has 0 bridgehead atoms. The van der Waals surface area contributed by atoms with Gasteiger partial charge in [-0.3, -0.25) is 4.68 Å². The normalized spacial score (nSPS) is 18.2. The molecule has 7 nitrogen and oxygen atoms in total. The van der Waals surface area contributed by atoms with E-state index in [9.17, 15) is 13.2 Å². The van der Waals surface area contributed by atoms with Gasteiger partial charge in [0, 0.05) is 54.1 Å². The number of sulfone groups is 1. The van der Waals surface area contributed by atoms with Gasteiger partial charge in [0.2, 0.25) is 0 Å². The maximum Gasteiger partial charge on any atom is 0.317 e. The second kappa shape index (κ2) is 15.1. The van der Waals surface area contributed by atoms with Crippen LogP contribution in [0.4, 0.5) is 4.79 Å². The largest absolute Gasteiger partial charge is 0.334 e. The Kier molecular flexibility index (Phi) is 12.1. The predicted molar refractivity (Wildman–Crippen MR) is 172 cm³/mol. The van der Waals surface area contributed by atoms with Crippen molar-refractivity contribution in [2.24, 2.45) is 0 Å². The lowest BCUT2D eigenvalue weighted by molar-refractivity contribution is 0.207. The summed E-state index contributed by atoms with van der Waals surface area (Å²) in [6.45, 7) is 15.4. The third-order valence-electron chi connectivity index (χ3n) is 7.64. The fourth-order valence-electron chi connectivity index (χ4n) is 5.31. The highest BCUT2D eigenvalue weighted by atomic mass is 35.5. The monoisotopic (exact) mass is 614 g/mol. The number of rotatable bonds is 8. The van der Waals surface area contributed by atoms with Crippen LogP contribution in [0.2, 0.25) is 5.02 Å². The molecule has 1 aromatic heterocycles. The fraction of sp³-hybridized carbons (Fsp3) is 0.515. The third kappa shape index (κ3) is 7.95. The smallest absolute Gasteiger partial charge is 0.317 e.